The quantitative estimate of drug-likeness (QED) is 0.699. The Kier molecular flexibility index (Phi) is 2.24. The van der Waals surface area contributed by atoms with E-state index in [1.165, 1.54) is 0 Å². The summed E-state index contributed by atoms with van der Waals surface area (Å²) in [5.74, 6) is 1.48. The SMILES string of the molecule is C[C@H]1[C@H](C)C(=O)O[C@@H]1c1ccc2c(c1)OCO2. The van der Waals surface area contributed by atoms with Gasteiger partial charge in [-0.1, -0.05) is 19.9 Å². The largest absolute Gasteiger partial charge is 0.457 e. The summed E-state index contributed by atoms with van der Waals surface area (Å²) in [5, 5.41) is 0. The molecule has 0 aliphatic carbocycles. The molecule has 0 saturated carbocycles. The normalized spacial score (nSPS) is 30.5. The maximum atomic E-state index is 11.5. The molecule has 90 valence electrons. The van der Waals surface area contributed by atoms with Gasteiger partial charge < -0.3 is 14.2 Å². The Bertz CT molecular complexity index is 468. The van der Waals surface area contributed by atoms with E-state index in [1.807, 2.05) is 32.0 Å². The van der Waals surface area contributed by atoms with Crippen LogP contribution in [0.4, 0.5) is 0 Å². The van der Waals surface area contributed by atoms with Crippen LogP contribution in [-0.2, 0) is 9.53 Å². The van der Waals surface area contributed by atoms with Gasteiger partial charge >= 0.3 is 5.97 Å². The Hall–Kier alpha value is -1.71. The number of esters is 1. The molecule has 2 aliphatic rings. The van der Waals surface area contributed by atoms with E-state index in [1.54, 1.807) is 0 Å². The maximum absolute atomic E-state index is 11.5. The molecule has 0 radical (unpaired) electrons. The zero-order chi connectivity index (χ0) is 12.0. The number of benzene rings is 1. The standard InChI is InChI=1S/C13H14O4/c1-7-8(2)13(14)17-12(7)9-3-4-10-11(5-9)16-6-15-10/h3-5,7-8,12H,6H2,1-2H3/t7-,8-,12-/m0/s1. The number of ether oxygens (including phenoxy) is 3. The van der Waals surface area contributed by atoms with Gasteiger partial charge in [-0.15, -0.1) is 0 Å². The summed E-state index contributed by atoms with van der Waals surface area (Å²) >= 11 is 0. The summed E-state index contributed by atoms with van der Waals surface area (Å²) in [6.07, 6.45) is -0.174. The van der Waals surface area contributed by atoms with E-state index < -0.39 is 0 Å². The minimum atomic E-state index is -0.174. The summed E-state index contributed by atoms with van der Waals surface area (Å²) in [5.41, 5.74) is 0.972. The predicted octanol–water partition coefficient (Wildman–Crippen LogP) is 2.29. The molecule has 2 heterocycles. The number of rotatable bonds is 1. The van der Waals surface area contributed by atoms with Crippen molar-refractivity contribution in [2.45, 2.75) is 20.0 Å². The molecule has 0 unspecified atom stereocenters. The molecule has 1 saturated heterocycles. The molecule has 2 aliphatic heterocycles. The minimum absolute atomic E-state index is 0.0505. The molecular formula is C13H14O4. The van der Waals surface area contributed by atoms with Crippen molar-refractivity contribution >= 4 is 5.97 Å². The first-order valence-electron chi connectivity index (χ1n) is 5.77. The van der Waals surface area contributed by atoms with Crippen molar-refractivity contribution in [3.05, 3.63) is 23.8 Å². The van der Waals surface area contributed by atoms with E-state index >= 15 is 0 Å². The summed E-state index contributed by atoms with van der Waals surface area (Å²) < 4.78 is 16.0. The van der Waals surface area contributed by atoms with Crippen molar-refractivity contribution in [2.75, 3.05) is 6.79 Å². The molecule has 4 nitrogen and oxygen atoms in total. The van der Waals surface area contributed by atoms with E-state index in [0.717, 1.165) is 17.1 Å². The average molecular weight is 234 g/mol. The van der Waals surface area contributed by atoms with Gasteiger partial charge in [0.1, 0.15) is 6.10 Å². The van der Waals surface area contributed by atoms with Crippen LogP contribution in [-0.4, -0.2) is 12.8 Å². The van der Waals surface area contributed by atoms with Crippen molar-refractivity contribution in [2.24, 2.45) is 11.8 Å². The van der Waals surface area contributed by atoms with Crippen LogP contribution >= 0.6 is 0 Å². The van der Waals surface area contributed by atoms with Gasteiger partial charge in [-0.3, -0.25) is 4.79 Å². The Morgan fingerprint density at radius 3 is 2.65 bits per heavy atom. The second-order valence-corrected chi connectivity index (χ2v) is 4.62. The third-order valence-corrected chi connectivity index (χ3v) is 3.61. The topological polar surface area (TPSA) is 44.8 Å². The third kappa shape index (κ3) is 1.55. The number of carbonyl (C=O) groups is 1. The highest BCUT2D eigenvalue weighted by Crippen LogP contribution is 2.42. The first-order chi connectivity index (χ1) is 8.16. The molecule has 0 amide bonds. The number of cyclic esters (lactones) is 1. The Morgan fingerprint density at radius 2 is 1.94 bits per heavy atom. The predicted molar refractivity (Wildman–Crippen MR) is 59.7 cm³/mol. The first kappa shape index (κ1) is 10.4. The summed E-state index contributed by atoms with van der Waals surface area (Å²) in [6.45, 7) is 4.19. The van der Waals surface area contributed by atoms with Crippen LogP contribution in [0.5, 0.6) is 11.5 Å². The molecule has 0 bridgehead atoms. The lowest BCUT2D eigenvalue weighted by Crippen LogP contribution is -2.09. The minimum Gasteiger partial charge on any atom is -0.457 e. The van der Waals surface area contributed by atoms with Crippen LogP contribution < -0.4 is 9.47 Å². The number of fused-ring (bicyclic) bond motifs is 1. The summed E-state index contributed by atoms with van der Waals surface area (Å²) in [6, 6.07) is 5.69. The smallest absolute Gasteiger partial charge is 0.309 e. The van der Waals surface area contributed by atoms with Crippen molar-refractivity contribution in [1.82, 2.24) is 0 Å². The van der Waals surface area contributed by atoms with E-state index in [-0.39, 0.29) is 30.7 Å². The molecule has 3 atom stereocenters. The fourth-order valence-corrected chi connectivity index (χ4v) is 2.28. The lowest BCUT2D eigenvalue weighted by Gasteiger charge is -2.15. The van der Waals surface area contributed by atoms with Gasteiger partial charge in [0, 0.05) is 5.92 Å². The van der Waals surface area contributed by atoms with Crippen LogP contribution in [0.1, 0.15) is 25.5 Å². The Morgan fingerprint density at radius 1 is 1.18 bits per heavy atom. The van der Waals surface area contributed by atoms with Crippen molar-refractivity contribution < 1.29 is 19.0 Å². The van der Waals surface area contributed by atoms with E-state index in [2.05, 4.69) is 0 Å². The maximum Gasteiger partial charge on any atom is 0.309 e. The average Bonchev–Trinajstić information content (AvgIpc) is 2.89. The highest BCUT2D eigenvalue weighted by molar-refractivity contribution is 5.75. The molecule has 0 N–H and O–H groups in total. The molecule has 1 fully saturated rings. The molecule has 4 heteroatoms. The van der Waals surface area contributed by atoms with Crippen LogP contribution in [0.3, 0.4) is 0 Å². The van der Waals surface area contributed by atoms with E-state index in [9.17, 15) is 4.79 Å². The van der Waals surface area contributed by atoms with Crippen LogP contribution in [0.2, 0.25) is 0 Å². The Balaban J connectivity index is 1.92. The molecule has 0 aromatic heterocycles. The van der Waals surface area contributed by atoms with Gasteiger partial charge in [-0.25, -0.2) is 0 Å². The molecule has 3 rings (SSSR count). The number of hydrogen-bond donors (Lipinski definition) is 0. The van der Waals surface area contributed by atoms with Gasteiger partial charge in [0.2, 0.25) is 6.79 Å². The zero-order valence-corrected chi connectivity index (χ0v) is 9.80. The molecule has 1 aromatic carbocycles. The van der Waals surface area contributed by atoms with Crippen molar-refractivity contribution in [1.29, 1.82) is 0 Å². The van der Waals surface area contributed by atoms with Gasteiger partial charge in [-0.2, -0.15) is 0 Å². The van der Waals surface area contributed by atoms with Crippen molar-refractivity contribution in [3.63, 3.8) is 0 Å². The second-order valence-electron chi connectivity index (χ2n) is 4.62. The fourth-order valence-electron chi connectivity index (χ4n) is 2.28. The Labute approximate surface area is 99.5 Å². The lowest BCUT2D eigenvalue weighted by molar-refractivity contribution is -0.144. The molecule has 17 heavy (non-hydrogen) atoms. The van der Waals surface area contributed by atoms with Gasteiger partial charge in [0.25, 0.3) is 0 Å². The molecule has 1 aromatic rings. The van der Waals surface area contributed by atoms with Crippen molar-refractivity contribution in [3.8, 4) is 11.5 Å². The third-order valence-electron chi connectivity index (χ3n) is 3.61. The van der Waals surface area contributed by atoms with Crippen LogP contribution in [0.15, 0.2) is 18.2 Å². The van der Waals surface area contributed by atoms with Gasteiger partial charge in [0.05, 0.1) is 5.92 Å². The number of carbonyl (C=O) groups excluding carboxylic acids is 1. The van der Waals surface area contributed by atoms with Crippen LogP contribution in [0, 0.1) is 11.8 Å². The fraction of sp³-hybridized carbons (Fsp3) is 0.462. The molecule has 0 spiro atoms. The zero-order valence-electron chi connectivity index (χ0n) is 9.80. The highest BCUT2D eigenvalue weighted by atomic mass is 16.7. The van der Waals surface area contributed by atoms with E-state index in [4.69, 9.17) is 14.2 Å². The monoisotopic (exact) mass is 234 g/mol. The van der Waals surface area contributed by atoms with E-state index in [0.29, 0.717) is 0 Å². The van der Waals surface area contributed by atoms with Crippen LogP contribution in [0.25, 0.3) is 0 Å². The first-order valence-corrected chi connectivity index (χ1v) is 5.77. The summed E-state index contributed by atoms with van der Waals surface area (Å²) in [7, 11) is 0. The lowest BCUT2D eigenvalue weighted by atomic mass is 9.90. The van der Waals surface area contributed by atoms with Gasteiger partial charge in [0.15, 0.2) is 11.5 Å². The molecular weight excluding hydrogens is 220 g/mol. The second kappa shape index (κ2) is 3.65. The highest BCUT2D eigenvalue weighted by Gasteiger charge is 2.39. The van der Waals surface area contributed by atoms with Gasteiger partial charge in [-0.05, 0) is 17.7 Å². The summed E-state index contributed by atoms with van der Waals surface area (Å²) in [4.78, 5) is 11.5. The number of hydrogen-bond acceptors (Lipinski definition) is 4.